The van der Waals surface area contributed by atoms with Gasteiger partial charge in [0, 0.05) is 19.2 Å². The summed E-state index contributed by atoms with van der Waals surface area (Å²) in [6, 6.07) is 42.1. The van der Waals surface area contributed by atoms with Crippen LogP contribution >= 0.6 is 22.7 Å². The number of benzene rings is 7. The maximum absolute atomic E-state index is 2.40. The third-order valence-electron chi connectivity index (χ3n) is 9.81. The molecule has 228 valence electrons. The van der Waals surface area contributed by atoms with Crippen LogP contribution in [0.1, 0.15) is 53.5 Å². The zero-order valence-electron chi connectivity index (χ0n) is 26.9. The fourth-order valence-corrected chi connectivity index (χ4v) is 9.27. The molecule has 2 heterocycles. The normalized spacial score (nSPS) is 12.4. The van der Waals surface area contributed by atoms with E-state index in [1.54, 1.807) is 0 Å². The summed E-state index contributed by atoms with van der Waals surface area (Å²) in [4.78, 5) is 2.65. The Labute approximate surface area is 283 Å². The Morgan fingerprint density at radius 2 is 1.00 bits per heavy atom. The first-order valence-corrected chi connectivity index (χ1v) is 18.6. The Morgan fingerprint density at radius 3 is 1.70 bits per heavy atom. The first-order valence-electron chi connectivity index (χ1n) is 16.9. The van der Waals surface area contributed by atoms with Gasteiger partial charge in [-0.3, -0.25) is 0 Å². The van der Waals surface area contributed by atoms with E-state index < -0.39 is 0 Å². The lowest BCUT2D eigenvalue weighted by Crippen LogP contribution is -1.87. The van der Waals surface area contributed by atoms with E-state index in [-0.39, 0.29) is 0 Å². The highest BCUT2D eigenvalue weighted by atomic mass is 32.1. The van der Waals surface area contributed by atoms with Crippen LogP contribution in [0.3, 0.4) is 0 Å². The lowest BCUT2D eigenvalue weighted by atomic mass is 9.96. The molecule has 0 saturated carbocycles. The fourth-order valence-electron chi connectivity index (χ4n) is 7.32. The van der Waals surface area contributed by atoms with Crippen molar-refractivity contribution in [3.8, 4) is 0 Å². The van der Waals surface area contributed by atoms with Crippen LogP contribution in [-0.2, 0) is 6.42 Å². The number of hydrogen-bond donors (Lipinski definition) is 0. The van der Waals surface area contributed by atoms with E-state index in [0.29, 0.717) is 0 Å². The Balaban J connectivity index is 1.00. The van der Waals surface area contributed by atoms with Crippen LogP contribution in [0.2, 0.25) is 0 Å². The molecule has 7 aromatic carbocycles. The SMILES string of the molecule is CCCCCCc1ccc2cc3cc4cc(C=Cc5cc6cc7cc8cc9sc(C)cc9cc8cc7cc6s5)ccc4cc3cc2c1. The van der Waals surface area contributed by atoms with Gasteiger partial charge in [0.05, 0.1) is 0 Å². The molecule has 0 nitrogen and oxygen atoms in total. The van der Waals surface area contributed by atoms with Crippen molar-refractivity contribution in [3.05, 3.63) is 130 Å². The molecule has 0 N–H and O–H groups in total. The predicted molar refractivity (Wildman–Crippen MR) is 213 cm³/mol. The molecule has 0 radical (unpaired) electrons. The highest BCUT2D eigenvalue weighted by Crippen LogP contribution is 2.36. The molecular weight excluding hydrogens is 605 g/mol. The molecule has 0 bridgehead atoms. The molecule has 47 heavy (non-hydrogen) atoms. The molecule has 2 aromatic heterocycles. The minimum atomic E-state index is 1.18. The van der Waals surface area contributed by atoms with E-state index in [9.17, 15) is 0 Å². The topological polar surface area (TPSA) is 0 Å². The van der Waals surface area contributed by atoms with Gasteiger partial charge in [-0.2, -0.15) is 0 Å². The molecule has 9 aromatic rings. The number of rotatable bonds is 7. The molecule has 0 aliphatic rings. The number of unbranched alkanes of at least 4 members (excludes halogenated alkanes) is 3. The molecule has 0 fully saturated rings. The molecule has 0 aliphatic heterocycles. The highest BCUT2D eigenvalue weighted by Gasteiger charge is 2.08. The molecule has 0 unspecified atom stereocenters. The van der Waals surface area contributed by atoms with Crippen LogP contribution in [0.15, 0.2) is 109 Å². The van der Waals surface area contributed by atoms with Crippen molar-refractivity contribution in [1.82, 2.24) is 0 Å². The summed E-state index contributed by atoms with van der Waals surface area (Å²) >= 11 is 3.75. The second-order valence-electron chi connectivity index (χ2n) is 13.3. The molecule has 0 spiro atoms. The average molecular weight is 641 g/mol. The summed E-state index contributed by atoms with van der Waals surface area (Å²) < 4.78 is 2.71. The van der Waals surface area contributed by atoms with Crippen LogP contribution < -0.4 is 0 Å². The summed E-state index contributed by atoms with van der Waals surface area (Å²) in [7, 11) is 0. The minimum Gasteiger partial charge on any atom is -0.141 e. The largest absolute Gasteiger partial charge is 0.141 e. The summed E-state index contributed by atoms with van der Waals surface area (Å²) in [5, 5.41) is 15.8. The van der Waals surface area contributed by atoms with Crippen LogP contribution in [0.5, 0.6) is 0 Å². The summed E-state index contributed by atoms with van der Waals surface area (Å²) in [5.74, 6) is 0. The van der Waals surface area contributed by atoms with Crippen molar-refractivity contribution in [2.45, 2.75) is 46.0 Å². The van der Waals surface area contributed by atoms with Gasteiger partial charge in [0.2, 0.25) is 0 Å². The van der Waals surface area contributed by atoms with E-state index in [0.717, 1.165) is 0 Å². The van der Waals surface area contributed by atoms with Crippen molar-refractivity contribution in [2.24, 2.45) is 0 Å². The smallest absolute Gasteiger partial charge is 0.0355 e. The van der Waals surface area contributed by atoms with E-state index in [2.05, 4.69) is 135 Å². The Bertz CT molecular complexity index is 2590. The van der Waals surface area contributed by atoms with Crippen LogP contribution in [0.4, 0.5) is 0 Å². The zero-order valence-corrected chi connectivity index (χ0v) is 28.5. The number of aryl methyl sites for hydroxylation is 2. The minimum absolute atomic E-state index is 1.18. The van der Waals surface area contributed by atoms with Gasteiger partial charge in [-0.25, -0.2) is 0 Å². The van der Waals surface area contributed by atoms with Crippen LogP contribution in [-0.4, -0.2) is 0 Å². The Hall–Kier alpha value is -4.50. The van der Waals surface area contributed by atoms with Crippen molar-refractivity contribution in [2.75, 3.05) is 0 Å². The van der Waals surface area contributed by atoms with Gasteiger partial charge in [-0.15, -0.1) is 22.7 Å². The Morgan fingerprint density at radius 1 is 0.447 bits per heavy atom. The molecular formula is C45H36S2. The fraction of sp³-hybridized carbons (Fsp3) is 0.156. The van der Waals surface area contributed by atoms with Crippen molar-refractivity contribution in [3.63, 3.8) is 0 Å². The van der Waals surface area contributed by atoms with E-state index in [1.807, 2.05) is 22.7 Å². The number of fused-ring (bicyclic) bond motifs is 7. The maximum atomic E-state index is 2.40. The lowest BCUT2D eigenvalue weighted by Gasteiger charge is -2.08. The number of thiophene rings is 2. The summed E-state index contributed by atoms with van der Waals surface area (Å²) in [5.41, 5.74) is 2.69. The summed E-state index contributed by atoms with van der Waals surface area (Å²) in [6.45, 7) is 4.47. The van der Waals surface area contributed by atoms with Crippen molar-refractivity contribution in [1.29, 1.82) is 0 Å². The third-order valence-corrected chi connectivity index (χ3v) is 11.9. The monoisotopic (exact) mass is 640 g/mol. The molecule has 0 saturated heterocycles. The highest BCUT2D eigenvalue weighted by molar-refractivity contribution is 7.20. The predicted octanol–water partition coefficient (Wildman–Crippen LogP) is 14.5. The standard InChI is InChI=1S/C45H36S2/c1-3-4-5-6-7-29-8-11-31-17-36-20-34-16-30(9-12-32(34)18-35(36)19-33(31)15-29)10-13-43-25-42-24-38-22-39-26-44-41(14-28(2)46-44)23-37(39)21-40(38)27-45(42)47-43/h8-27H,3-7H2,1-2H3. The second-order valence-corrected chi connectivity index (χ2v) is 15.7. The van der Waals surface area contributed by atoms with Gasteiger partial charge in [-0.05, 0) is 180 Å². The van der Waals surface area contributed by atoms with Gasteiger partial charge >= 0.3 is 0 Å². The average Bonchev–Trinajstić information content (AvgIpc) is 3.64. The van der Waals surface area contributed by atoms with Gasteiger partial charge in [-0.1, -0.05) is 62.6 Å². The van der Waals surface area contributed by atoms with Gasteiger partial charge in [0.15, 0.2) is 0 Å². The van der Waals surface area contributed by atoms with Gasteiger partial charge in [0.25, 0.3) is 0 Å². The zero-order chi connectivity index (χ0) is 31.5. The molecule has 0 atom stereocenters. The van der Waals surface area contributed by atoms with E-state index >= 15 is 0 Å². The molecule has 0 amide bonds. The molecule has 2 heteroatoms. The quantitative estimate of drug-likeness (QED) is 0.120. The third kappa shape index (κ3) is 5.50. The van der Waals surface area contributed by atoms with Crippen molar-refractivity contribution >= 4 is 109 Å². The van der Waals surface area contributed by atoms with E-state index in [4.69, 9.17) is 0 Å². The van der Waals surface area contributed by atoms with Gasteiger partial charge < -0.3 is 0 Å². The molecule has 9 rings (SSSR count). The summed E-state index contributed by atoms with van der Waals surface area (Å²) in [6.07, 6.45) is 10.9. The van der Waals surface area contributed by atoms with Crippen LogP contribution in [0, 0.1) is 6.92 Å². The van der Waals surface area contributed by atoms with Crippen molar-refractivity contribution < 1.29 is 0 Å². The second kappa shape index (κ2) is 11.6. The lowest BCUT2D eigenvalue weighted by molar-refractivity contribution is 0.667. The molecule has 0 aliphatic carbocycles. The first-order chi connectivity index (χ1) is 23.0. The first kappa shape index (κ1) is 28.7. The number of hydrogen-bond acceptors (Lipinski definition) is 2. The van der Waals surface area contributed by atoms with E-state index in [1.165, 1.54) is 127 Å². The Kier molecular flexibility index (Phi) is 7.10. The van der Waals surface area contributed by atoms with Crippen LogP contribution in [0.25, 0.3) is 86.2 Å². The maximum Gasteiger partial charge on any atom is 0.0355 e. The van der Waals surface area contributed by atoms with Gasteiger partial charge in [0.1, 0.15) is 0 Å².